The van der Waals surface area contributed by atoms with Gasteiger partial charge in [-0.3, -0.25) is 4.79 Å². The minimum atomic E-state index is -0.243. The molecule has 0 aliphatic carbocycles. The van der Waals surface area contributed by atoms with Crippen LogP contribution >= 0.6 is 11.3 Å². The maximum absolute atomic E-state index is 11.5. The summed E-state index contributed by atoms with van der Waals surface area (Å²) in [5.74, 6) is 0.132. The molecule has 0 spiro atoms. The van der Waals surface area contributed by atoms with Gasteiger partial charge in [-0.25, -0.2) is 4.98 Å². The molecule has 1 unspecified atom stereocenters. The van der Waals surface area contributed by atoms with Gasteiger partial charge in [0.1, 0.15) is 0 Å². The van der Waals surface area contributed by atoms with Gasteiger partial charge in [0, 0.05) is 6.42 Å². The lowest BCUT2D eigenvalue weighted by atomic mass is 9.87. The lowest BCUT2D eigenvalue weighted by Gasteiger charge is -2.39. The SMILES string of the molecule is CC1(C)NC(=O)CCC1Nc1nc2ccccc2s1. The van der Waals surface area contributed by atoms with Gasteiger partial charge in [-0.15, -0.1) is 0 Å². The molecule has 2 aromatic rings. The Morgan fingerprint density at radius 1 is 1.42 bits per heavy atom. The number of anilines is 1. The second kappa shape index (κ2) is 4.49. The first-order valence-electron chi connectivity index (χ1n) is 6.48. The number of nitrogens with one attached hydrogen (secondary N) is 2. The Balaban J connectivity index is 1.82. The fourth-order valence-electron chi connectivity index (χ4n) is 2.48. The van der Waals surface area contributed by atoms with Crippen LogP contribution in [0.2, 0.25) is 0 Å². The molecular formula is C14H17N3OS. The Bertz CT molecular complexity index is 587. The number of nitrogens with zero attached hydrogens (tertiary/aromatic N) is 1. The number of carbonyl (C=O) groups excluding carboxylic acids is 1. The van der Waals surface area contributed by atoms with E-state index in [1.54, 1.807) is 11.3 Å². The number of hydrogen-bond acceptors (Lipinski definition) is 4. The molecule has 1 aromatic carbocycles. The van der Waals surface area contributed by atoms with Crippen molar-refractivity contribution in [1.82, 2.24) is 10.3 Å². The van der Waals surface area contributed by atoms with E-state index in [0.717, 1.165) is 17.1 Å². The molecule has 0 saturated carbocycles. The van der Waals surface area contributed by atoms with Crippen molar-refractivity contribution in [1.29, 1.82) is 0 Å². The van der Waals surface area contributed by atoms with Gasteiger partial charge in [-0.05, 0) is 32.4 Å². The normalized spacial score (nSPS) is 22.2. The van der Waals surface area contributed by atoms with Crippen molar-refractivity contribution in [3.63, 3.8) is 0 Å². The summed E-state index contributed by atoms with van der Waals surface area (Å²) in [5, 5.41) is 7.44. The van der Waals surface area contributed by atoms with Crippen molar-refractivity contribution in [3.05, 3.63) is 24.3 Å². The second-order valence-electron chi connectivity index (χ2n) is 5.49. The number of amides is 1. The van der Waals surface area contributed by atoms with Crippen LogP contribution in [0.3, 0.4) is 0 Å². The highest BCUT2D eigenvalue weighted by molar-refractivity contribution is 7.22. The van der Waals surface area contributed by atoms with Gasteiger partial charge in [-0.2, -0.15) is 0 Å². The molecule has 2 heterocycles. The standard InChI is InChI=1S/C14H17N3OS/c1-14(2)11(7-8-12(18)17-14)16-13-15-9-5-3-4-6-10(9)19-13/h3-6,11H,7-8H2,1-2H3,(H,15,16)(H,17,18). The Kier molecular flexibility index (Phi) is 2.93. The average Bonchev–Trinajstić information content (AvgIpc) is 2.74. The lowest BCUT2D eigenvalue weighted by molar-refractivity contribution is -0.124. The molecule has 4 nitrogen and oxygen atoms in total. The van der Waals surface area contributed by atoms with Gasteiger partial charge in [0.05, 0.1) is 21.8 Å². The van der Waals surface area contributed by atoms with E-state index in [1.807, 2.05) is 18.2 Å². The zero-order valence-corrected chi connectivity index (χ0v) is 11.9. The molecule has 100 valence electrons. The van der Waals surface area contributed by atoms with E-state index in [0.29, 0.717) is 6.42 Å². The van der Waals surface area contributed by atoms with Gasteiger partial charge in [0.2, 0.25) is 5.91 Å². The predicted octanol–water partition coefficient (Wildman–Crippen LogP) is 2.77. The fourth-order valence-corrected chi connectivity index (χ4v) is 3.40. The van der Waals surface area contributed by atoms with Gasteiger partial charge in [-0.1, -0.05) is 23.5 Å². The third-order valence-electron chi connectivity index (χ3n) is 3.58. The number of carbonyl (C=O) groups is 1. The van der Waals surface area contributed by atoms with Crippen LogP contribution in [0.25, 0.3) is 10.2 Å². The summed E-state index contributed by atoms with van der Waals surface area (Å²) in [5.41, 5.74) is 0.778. The van der Waals surface area contributed by atoms with Crippen molar-refractivity contribution in [3.8, 4) is 0 Å². The van der Waals surface area contributed by atoms with E-state index in [-0.39, 0.29) is 17.5 Å². The molecule has 1 aromatic heterocycles. The van der Waals surface area contributed by atoms with Crippen LogP contribution in [0.4, 0.5) is 5.13 Å². The van der Waals surface area contributed by atoms with E-state index < -0.39 is 0 Å². The molecule has 19 heavy (non-hydrogen) atoms. The second-order valence-corrected chi connectivity index (χ2v) is 6.52. The van der Waals surface area contributed by atoms with Crippen LogP contribution in [-0.4, -0.2) is 22.5 Å². The Labute approximate surface area is 116 Å². The van der Waals surface area contributed by atoms with Gasteiger partial charge >= 0.3 is 0 Å². The van der Waals surface area contributed by atoms with Crippen LogP contribution in [0, 0.1) is 0 Å². The molecule has 3 rings (SSSR count). The number of benzene rings is 1. The van der Waals surface area contributed by atoms with Crippen LogP contribution in [0.1, 0.15) is 26.7 Å². The third kappa shape index (κ3) is 2.42. The molecule has 1 aliphatic heterocycles. The number of hydrogen-bond donors (Lipinski definition) is 2. The van der Waals surface area contributed by atoms with Crippen LogP contribution < -0.4 is 10.6 Å². The van der Waals surface area contributed by atoms with Gasteiger partial charge in [0.15, 0.2) is 5.13 Å². The average molecular weight is 275 g/mol. The first-order chi connectivity index (χ1) is 9.04. The fraction of sp³-hybridized carbons (Fsp3) is 0.429. The molecule has 2 N–H and O–H groups in total. The summed E-state index contributed by atoms with van der Waals surface area (Å²) in [6, 6.07) is 8.33. The smallest absolute Gasteiger partial charge is 0.220 e. The molecule has 1 saturated heterocycles. The first-order valence-corrected chi connectivity index (χ1v) is 7.29. The Morgan fingerprint density at radius 3 is 2.95 bits per heavy atom. The molecule has 1 aliphatic rings. The maximum atomic E-state index is 11.5. The van der Waals surface area contributed by atoms with Crippen LogP contribution in [-0.2, 0) is 4.79 Å². The molecule has 1 fully saturated rings. The molecular weight excluding hydrogens is 258 g/mol. The summed E-state index contributed by atoms with van der Waals surface area (Å²) >= 11 is 1.66. The maximum Gasteiger partial charge on any atom is 0.220 e. The first kappa shape index (κ1) is 12.4. The molecule has 5 heteroatoms. The molecule has 1 atom stereocenters. The highest BCUT2D eigenvalue weighted by Gasteiger charge is 2.35. The van der Waals surface area contributed by atoms with E-state index in [4.69, 9.17) is 0 Å². The van der Waals surface area contributed by atoms with Crippen LogP contribution in [0.15, 0.2) is 24.3 Å². The topological polar surface area (TPSA) is 54.0 Å². The predicted molar refractivity (Wildman–Crippen MR) is 78.5 cm³/mol. The lowest BCUT2D eigenvalue weighted by Crippen LogP contribution is -2.58. The summed E-state index contributed by atoms with van der Waals surface area (Å²) in [6.45, 7) is 4.10. The number of para-hydroxylation sites is 1. The van der Waals surface area contributed by atoms with Gasteiger partial charge in [0.25, 0.3) is 0 Å². The number of rotatable bonds is 2. The monoisotopic (exact) mass is 275 g/mol. The highest BCUT2D eigenvalue weighted by atomic mass is 32.1. The number of thiazole rings is 1. The zero-order valence-electron chi connectivity index (χ0n) is 11.1. The van der Waals surface area contributed by atoms with E-state index in [2.05, 4.69) is 35.5 Å². The van der Waals surface area contributed by atoms with Crippen molar-refractivity contribution in [2.75, 3.05) is 5.32 Å². The molecule has 0 radical (unpaired) electrons. The minimum absolute atomic E-state index is 0.132. The minimum Gasteiger partial charge on any atom is -0.356 e. The van der Waals surface area contributed by atoms with E-state index >= 15 is 0 Å². The summed E-state index contributed by atoms with van der Waals surface area (Å²) in [7, 11) is 0. The highest BCUT2D eigenvalue weighted by Crippen LogP contribution is 2.29. The third-order valence-corrected chi connectivity index (χ3v) is 4.55. The van der Waals surface area contributed by atoms with Crippen LogP contribution in [0.5, 0.6) is 0 Å². The summed E-state index contributed by atoms with van der Waals surface area (Å²) in [4.78, 5) is 16.1. The Hall–Kier alpha value is -1.62. The molecule has 0 bridgehead atoms. The summed E-state index contributed by atoms with van der Waals surface area (Å²) in [6.07, 6.45) is 1.42. The van der Waals surface area contributed by atoms with Crippen molar-refractivity contribution < 1.29 is 4.79 Å². The summed E-state index contributed by atoms with van der Waals surface area (Å²) < 4.78 is 1.18. The van der Waals surface area contributed by atoms with Crippen molar-refractivity contribution >= 4 is 32.6 Å². The number of piperidine rings is 1. The number of fused-ring (bicyclic) bond motifs is 1. The Morgan fingerprint density at radius 2 is 2.21 bits per heavy atom. The zero-order chi connectivity index (χ0) is 13.5. The van der Waals surface area contributed by atoms with Crippen molar-refractivity contribution in [2.24, 2.45) is 0 Å². The number of aromatic nitrogens is 1. The van der Waals surface area contributed by atoms with E-state index in [1.165, 1.54) is 4.70 Å². The van der Waals surface area contributed by atoms with Crippen molar-refractivity contribution in [2.45, 2.75) is 38.3 Å². The van der Waals surface area contributed by atoms with Gasteiger partial charge < -0.3 is 10.6 Å². The molecule has 1 amide bonds. The van der Waals surface area contributed by atoms with E-state index in [9.17, 15) is 4.79 Å². The largest absolute Gasteiger partial charge is 0.356 e. The quantitative estimate of drug-likeness (QED) is 0.886.